The molecule has 1 aromatic heterocycles. The van der Waals surface area contributed by atoms with Crippen LogP contribution in [0, 0.1) is 6.92 Å². The maximum atomic E-state index is 4.49. The molecule has 0 spiro atoms. The Morgan fingerprint density at radius 2 is 1.91 bits per heavy atom. The molecule has 3 nitrogen and oxygen atoms in total. The summed E-state index contributed by atoms with van der Waals surface area (Å²) in [5.74, 6) is 0.871. The summed E-state index contributed by atoms with van der Waals surface area (Å²) in [5, 5.41) is 3.39. The summed E-state index contributed by atoms with van der Waals surface area (Å²) in [6, 6.07) is 16.8. The van der Waals surface area contributed by atoms with Gasteiger partial charge in [-0.2, -0.15) is 0 Å². The number of hydrogen-bond donors (Lipinski definition) is 1. The molecule has 0 atom stereocenters. The van der Waals surface area contributed by atoms with Crippen molar-refractivity contribution in [1.82, 2.24) is 9.55 Å². The van der Waals surface area contributed by atoms with Crippen LogP contribution in [0.5, 0.6) is 0 Å². The average Bonchev–Trinajstić information content (AvgIpc) is 2.87. The van der Waals surface area contributed by atoms with Gasteiger partial charge >= 0.3 is 0 Å². The zero-order chi connectivity index (χ0) is 15.5. The molecule has 0 saturated carbocycles. The summed E-state index contributed by atoms with van der Waals surface area (Å²) < 4.78 is 3.18. The molecule has 0 fully saturated rings. The van der Waals surface area contributed by atoms with Crippen molar-refractivity contribution in [2.75, 3.05) is 5.32 Å². The van der Waals surface area contributed by atoms with Gasteiger partial charge in [0.05, 0.1) is 11.9 Å². The van der Waals surface area contributed by atoms with Crippen molar-refractivity contribution in [3.63, 3.8) is 0 Å². The van der Waals surface area contributed by atoms with E-state index < -0.39 is 0 Å². The molecule has 1 heterocycles. The fraction of sp³-hybridized carbons (Fsp3) is 0.167. The molecule has 0 amide bonds. The van der Waals surface area contributed by atoms with E-state index in [1.165, 1.54) is 16.7 Å². The van der Waals surface area contributed by atoms with Crippen LogP contribution in [0.4, 0.5) is 5.95 Å². The van der Waals surface area contributed by atoms with E-state index in [9.17, 15) is 0 Å². The number of halogens is 1. The standard InChI is InChI=1S/C18H18BrN3/c1-13-6-8-15(9-7-13)17-12-21-18(22(17)2)20-11-14-4-3-5-16(19)10-14/h3-10,12H,11H2,1-2H3,(H,20,21). The van der Waals surface area contributed by atoms with Crippen molar-refractivity contribution in [2.45, 2.75) is 13.5 Å². The number of nitrogens with one attached hydrogen (secondary N) is 1. The number of benzene rings is 2. The topological polar surface area (TPSA) is 29.9 Å². The lowest BCUT2D eigenvalue weighted by Crippen LogP contribution is -2.05. The van der Waals surface area contributed by atoms with Crippen LogP contribution >= 0.6 is 15.9 Å². The first-order chi connectivity index (χ1) is 10.6. The van der Waals surface area contributed by atoms with Gasteiger partial charge in [-0.15, -0.1) is 0 Å². The largest absolute Gasteiger partial charge is 0.352 e. The Kier molecular flexibility index (Phi) is 4.29. The van der Waals surface area contributed by atoms with Gasteiger partial charge in [0.1, 0.15) is 0 Å². The number of imidazole rings is 1. The lowest BCUT2D eigenvalue weighted by Gasteiger charge is -2.09. The average molecular weight is 356 g/mol. The van der Waals surface area contributed by atoms with Gasteiger partial charge in [-0.25, -0.2) is 4.98 Å². The predicted octanol–water partition coefficient (Wildman–Crippen LogP) is 4.77. The van der Waals surface area contributed by atoms with Gasteiger partial charge in [-0.1, -0.05) is 57.9 Å². The molecule has 0 unspecified atom stereocenters. The van der Waals surface area contributed by atoms with Gasteiger partial charge in [0.2, 0.25) is 5.95 Å². The second-order valence-corrected chi connectivity index (χ2v) is 6.29. The van der Waals surface area contributed by atoms with Gasteiger partial charge in [0, 0.05) is 18.1 Å². The van der Waals surface area contributed by atoms with E-state index in [4.69, 9.17) is 0 Å². The summed E-state index contributed by atoms with van der Waals surface area (Å²) in [7, 11) is 2.03. The molecule has 0 aliphatic carbocycles. The molecule has 0 aliphatic heterocycles. The number of nitrogens with zero attached hydrogens (tertiary/aromatic N) is 2. The Hall–Kier alpha value is -2.07. The van der Waals surface area contributed by atoms with Crippen molar-refractivity contribution >= 4 is 21.9 Å². The summed E-state index contributed by atoms with van der Waals surface area (Å²) in [6.45, 7) is 2.84. The van der Waals surface area contributed by atoms with Crippen LogP contribution < -0.4 is 5.32 Å². The van der Waals surface area contributed by atoms with Crippen LogP contribution in [0.3, 0.4) is 0 Å². The molecule has 3 aromatic rings. The molecule has 0 radical (unpaired) electrons. The van der Waals surface area contributed by atoms with Crippen LogP contribution in [-0.4, -0.2) is 9.55 Å². The molecule has 1 N–H and O–H groups in total. The predicted molar refractivity (Wildman–Crippen MR) is 94.8 cm³/mol. The molecular weight excluding hydrogens is 338 g/mol. The summed E-state index contributed by atoms with van der Waals surface area (Å²) in [4.78, 5) is 4.49. The van der Waals surface area contributed by atoms with Gasteiger partial charge in [-0.3, -0.25) is 0 Å². The lowest BCUT2D eigenvalue weighted by molar-refractivity contribution is 0.906. The van der Waals surface area contributed by atoms with Crippen molar-refractivity contribution in [3.8, 4) is 11.3 Å². The van der Waals surface area contributed by atoms with E-state index in [-0.39, 0.29) is 0 Å². The van der Waals surface area contributed by atoms with E-state index in [0.29, 0.717) is 0 Å². The van der Waals surface area contributed by atoms with E-state index in [1.54, 1.807) is 0 Å². The molecule has 3 rings (SSSR count). The van der Waals surface area contributed by atoms with Crippen molar-refractivity contribution in [2.24, 2.45) is 7.05 Å². The molecule has 0 saturated heterocycles. The van der Waals surface area contributed by atoms with Crippen molar-refractivity contribution < 1.29 is 0 Å². The maximum Gasteiger partial charge on any atom is 0.203 e. The zero-order valence-electron chi connectivity index (χ0n) is 12.7. The Morgan fingerprint density at radius 3 is 2.64 bits per heavy atom. The Balaban J connectivity index is 1.77. The summed E-state index contributed by atoms with van der Waals surface area (Å²) >= 11 is 3.49. The third-order valence-electron chi connectivity index (χ3n) is 3.68. The van der Waals surface area contributed by atoms with E-state index in [1.807, 2.05) is 25.4 Å². The number of anilines is 1. The first-order valence-corrected chi connectivity index (χ1v) is 8.00. The van der Waals surface area contributed by atoms with Crippen LogP contribution in [0.15, 0.2) is 59.2 Å². The third-order valence-corrected chi connectivity index (χ3v) is 4.17. The molecule has 22 heavy (non-hydrogen) atoms. The van der Waals surface area contributed by atoms with Crippen LogP contribution in [-0.2, 0) is 13.6 Å². The first kappa shape index (κ1) is 14.9. The Bertz CT molecular complexity index is 775. The summed E-state index contributed by atoms with van der Waals surface area (Å²) in [5.41, 5.74) is 4.76. The highest BCUT2D eigenvalue weighted by Crippen LogP contribution is 2.22. The van der Waals surface area contributed by atoms with E-state index in [2.05, 4.69) is 74.1 Å². The molecule has 0 aliphatic rings. The quantitative estimate of drug-likeness (QED) is 0.730. The Morgan fingerprint density at radius 1 is 1.14 bits per heavy atom. The van der Waals surface area contributed by atoms with Crippen molar-refractivity contribution in [3.05, 3.63) is 70.3 Å². The molecule has 4 heteroatoms. The zero-order valence-corrected chi connectivity index (χ0v) is 14.3. The van der Waals surface area contributed by atoms with Gasteiger partial charge in [0.15, 0.2) is 0 Å². The van der Waals surface area contributed by atoms with Crippen LogP contribution in [0.25, 0.3) is 11.3 Å². The summed E-state index contributed by atoms with van der Waals surface area (Å²) in [6.07, 6.45) is 1.91. The Labute approximate surface area is 139 Å². The SMILES string of the molecule is Cc1ccc(-c2cnc(NCc3cccc(Br)c3)n2C)cc1. The fourth-order valence-corrected chi connectivity index (χ4v) is 2.84. The first-order valence-electron chi connectivity index (χ1n) is 7.20. The van der Waals surface area contributed by atoms with Crippen LogP contribution in [0.2, 0.25) is 0 Å². The maximum absolute atomic E-state index is 4.49. The van der Waals surface area contributed by atoms with Gasteiger partial charge in [-0.05, 0) is 30.2 Å². The number of hydrogen-bond acceptors (Lipinski definition) is 2. The minimum absolute atomic E-state index is 0.748. The highest BCUT2D eigenvalue weighted by atomic mass is 79.9. The van der Waals surface area contributed by atoms with E-state index >= 15 is 0 Å². The van der Waals surface area contributed by atoms with Gasteiger partial charge in [0.25, 0.3) is 0 Å². The molecule has 2 aromatic carbocycles. The second kappa shape index (κ2) is 6.36. The highest BCUT2D eigenvalue weighted by molar-refractivity contribution is 9.10. The highest BCUT2D eigenvalue weighted by Gasteiger charge is 2.08. The van der Waals surface area contributed by atoms with Crippen LogP contribution in [0.1, 0.15) is 11.1 Å². The monoisotopic (exact) mass is 355 g/mol. The minimum Gasteiger partial charge on any atom is -0.352 e. The number of aromatic nitrogens is 2. The van der Waals surface area contributed by atoms with E-state index in [0.717, 1.165) is 22.7 Å². The molecule has 0 bridgehead atoms. The normalized spacial score (nSPS) is 10.7. The molecular formula is C18H18BrN3. The number of aryl methyl sites for hydroxylation is 1. The minimum atomic E-state index is 0.748. The lowest BCUT2D eigenvalue weighted by atomic mass is 10.1. The smallest absolute Gasteiger partial charge is 0.203 e. The van der Waals surface area contributed by atoms with Gasteiger partial charge < -0.3 is 9.88 Å². The molecule has 112 valence electrons. The number of rotatable bonds is 4. The second-order valence-electron chi connectivity index (χ2n) is 5.38. The van der Waals surface area contributed by atoms with Crippen molar-refractivity contribution in [1.29, 1.82) is 0 Å². The fourth-order valence-electron chi connectivity index (χ4n) is 2.39. The third kappa shape index (κ3) is 3.22.